The quantitative estimate of drug-likeness (QED) is 0.638. The number of carbonyl (C=O) groups is 3. The van der Waals surface area contributed by atoms with Crippen LogP contribution in [0.4, 0.5) is 4.39 Å². The van der Waals surface area contributed by atoms with Crippen molar-refractivity contribution in [2.45, 2.75) is 26.3 Å². The van der Waals surface area contributed by atoms with Crippen LogP contribution >= 0.6 is 11.6 Å². The van der Waals surface area contributed by atoms with Crippen LogP contribution in [0.25, 0.3) is 0 Å². The Labute approximate surface area is 149 Å². The molecule has 2 N–H and O–H groups in total. The first-order valence-electron chi connectivity index (χ1n) is 7.64. The van der Waals surface area contributed by atoms with E-state index in [2.05, 4.69) is 10.6 Å². The molecule has 138 valence electrons. The van der Waals surface area contributed by atoms with Gasteiger partial charge in [0, 0.05) is 6.54 Å². The number of hydrogen-bond acceptors (Lipinski definition) is 5. The molecule has 0 saturated carbocycles. The lowest BCUT2D eigenvalue weighted by Crippen LogP contribution is -2.46. The van der Waals surface area contributed by atoms with E-state index in [1.165, 1.54) is 13.0 Å². The molecular weight excluding hydrogens is 355 g/mol. The fraction of sp³-hybridized carbons (Fsp3) is 0.438. The summed E-state index contributed by atoms with van der Waals surface area (Å²) in [6, 6.07) is 2.70. The van der Waals surface area contributed by atoms with Gasteiger partial charge in [-0.25, -0.2) is 9.18 Å². The van der Waals surface area contributed by atoms with Gasteiger partial charge in [-0.15, -0.1) is 0 Å². The molecule has 0 saturated heterocycles. The van der Waals surface area contributed by atoms with E-state index >= 15 is 0 Å². The number of esters is 1. The minimum atomic E-state index is -0.807. The van der Waals surface area contributed by atoms with Crippen molar-refractivity contribution in [1.82, 2.24) is 10.6 Å². The molecule has 25 heavy (non-hydrogen) atoms. The molecule has 0 radical (unpaired) electrons. The SMILES string of the molecule is CCCNC(=O)[C@H](C)NC(=O)COC(=O)COc1ccc(F)cc1Cl. The van der Waals surface area contributed by atoms with Gasteiger partial charge in [-0.3, -0.25) is 9.59 Å². The zero-order valence-corrected chi connectivity index (χ0v) is 14.7. The summed E-state index contributed by atoms with van der Waals surface area (Å²) in [5.74, 6) is -2.17. The Morgan fingerprint density at radius 2 is 2.00 bits per heavy atom. The Morgan fingerprint density at radius 1 is 1.28 bits per heavy atom. The van der Waals surface area contributed by atoms with Crippen molar-refractivity contribution in [3.8, 4) is 5.75 Å². The van der Waals surface area contributed by atoms with Gasteiger partial charge in [-0.1, -0.05) is 18.5 Å². The Morgan fingerprint density at radius 3 is 2.64 bits per heavy atom. The van der Waals surface area contributed by atoms with Crippen LogP contribution in [0.1, 0.15) is 20.3 Å². The number of nitrogens with one attached hydrogen (secondary N) is 2. The van der Waals surface area contributed by atoms with Crippen molar-refractivity contribution in [3.05, 3.63) is 29.0 Å². The van der Waals surface area contributed by atoms with Crippen molar-refractivity contribution in [1.29, 1.82) is 0 Å². The summed E-state index contributed by atoms with van der Waals surface area (Å²) >= 11 is 5.74. The van der Waals surface area contributed by atoms with Gasteiger partial charge >= 0.3 is 5.97 Å². The maximum atomic E-state index is 12.9. The van der Waals surface area contributed by atoms with Crippen LogP contribution < -0.4 is 15.4 Å². The third-order valence-electron chi connectivity index (χ3n) is 2.92. The molecule has 0 bridgehead atoms. The largest absolute Gasteiger partial charge is 0.480 e. The van der Waals surface area contributed by atoms with E-state index < -0.39 is 36.9 Å². The molecule has 1 aromatic rings. The van der Waals surface area contributed by atoms with E-state index in [1.54, 1.807) is 0 Å². The molecule has 0 aliphatic heterocycles. The Bertz CT molecular complexity index is 627. The highest BCUT2D eigenvalue weighted by Crippen LogP contribution is 2.24. The molecule has 0 unspecified atom stereocenters. The van der Waals surface area contributed by atoms with E-state index in [9.17, 15) is 18.8 Å². The average Bonchev–Trinajstić information content (AvgIpc) is 2.56. The number of rotatable bonds is 9. The van der Waals surface area contributed by atoms with E-state index in [-0.39, 0.29) is 16.7 Å². The Hall–Kier alpha value is -2.35. The monoisotopic (exact) mass is 374 g/mol. The Kier molecular flexibility index (Phi) is 8.69. The van der Waals surface area contributed by atoms with Gasteiger partial charge in [0.15, 0.2) is 13.2 Å². The van der Waals surface area contributed by atoms with Crippen molar-refractivity contribution >= 4 is 29.4 Å². The van der Waals surface area contributed by atoms with Crippen LogP contribution in [0.15, 0.2) is 18.2 Å². The first kappa shape index (κ1) is 20.7. The second kappa shape index (κ2) is 10.5. The lowest BCUT2D eigenvalue weighted by atomic mass is 10.3. The maximum absolute atomic E-state index is 12.9. The molecule has 0 aliphatic carbocycles. The number of ether oxygens (including phenoxy) is 2. The van der Waals surface area contributed by atoms with E-state index in [0.29, 0.717) is 6.54 Å². The average molecular weight is 375 g/mol. The van der Waals surface area contributed by atoms with Crippen LogP contribution in [0, 0.1) is 5.82 Å². The lowest BCUT2D eigenvalue weighted by molar-refractivity contribution is -0.150. The molecule has 9 heteroatoms. The smallest absolute Gasteiger partial charge is 0.344 e. The normalized spacial score (nSPS) is 11.4. The van der Waals surface area contributed by atoms with E-state index in [0.717, 1.165) is 18.6 Å². The predicted molar refractivity (Wildman–Crippen MR) is 88.8 cm³/mol. The van der Waals surface area contributed by atoms with Gasteiger partial charge < -0.3 is 20.1 Å². The Balaban J connectivity index is 2.31. The molecular formula is C16H20ClFN2O5. The zero-order chi connectivity index (χ0) is 18.8. The molecule has 0 fully saturated rings. The minimum Gasteiger partial charge on any atom is -0.480 e. The van der Waals surface area contributed by atoms with Crippen LogP contribution in [0.2, 0.25) is 5.02 Å². The van der Waals surface area contributed by atoms with Crippen molar-refractivity contribution in [2.24, 2.45) is 0 Å². The van der Waals surface area contributed by atoms with E-state index in [4.69, 9.17) is 21.1 Å². The number of halogens is 2. The lowest BCUT2D eigenvalue weighted by Gasteiger charge is -2.14. The maximum Gasteiger partial charge on any atom is 0.344 e. The van der Waals surface area contributed by atoms with Gasteiger partial charge in [-0.2, -0.15) is 0 Å². The molecule has 0 heterocycles. The first-order chi connectivity index (χ1) is 11.8. The molecule has 1 atom stereocenters. The number of amides is 2. The second-order valence-electron chi connectivity index (χ2n) is 5.10. The molecule has 1 aromatic carbocycles. The summed E-state index contributed by atoms with van der Waals surface area (Å²) in [6.07, 6.45) is 0.780. The molecule has 2 amide bonds. The minimum absolute atomic E-state index is 0.0115. The fourth-order valence-electron chi connectivity index (χ4n) is 1.67. The molecule has 0 aromatic heterocycles. The summed E-state index contributed by atoms with van der Waals surface area (Å²) < 4.78 is 22.7. The van der Waals surface area contributed by atoms with Crippen molar-refractivity contribution in [2.75, 3.05) is 19.8 Å². The van der Waals surface area contributed by atoms with Crippen LogP contribution in [0.3, 0.4) is 0 Å². The zero-order valence-electron chi connectivity index (χ0n) is 13.9. The standard InChI is InChI=1S/C16H20ClFN2O5/c1-3-6-19-16(23)10(2)20-14(21)8-25-15(22)9-24-13-5-4-11(18)7-12(13)17/h4-5,7,10H,3,6,8-9H2,1-2H3,(H,19,23)(H,20,21)/t10-/m0/s1. The van der Waals surface area contributed by atoms with Crippen LogP contribution in [-0.2, 0) is 19.1 Å². The number of carbonyl (C=O) groups excluding carboxylic acids is 3. The summed E-state index contributed by atoms with van der Waals surface area (Å²) in [5, 5.41) is 5.04. The fourth-order valence-corrected chi connectivity index (χ4v) is 1.89. The summed E-state index contributed by atoms with van der Waals surface area (Å²) in [4.78, 5) is 34.8. The highest BCUT2D eigenvalue weighted by atomic mass is 35.5. The highest BCUT2D eigenvalue weighted by Gasteiger charge is 2.16. The number of hydrogen-bond donors (Lipinski definition) is 2. The van der Waals surface area contributed by atoms with Gasteiger partial charge in [-0.05, 0) is 31.5 Å². The highest BCUT2D eigenvalue weighted by molar-refractivity contribution is 6.32. The van der Waals surface area contributed by atoms with Crippen LogP contribution in [0.5, 0.6) is 5.75 Å². The molecule has 0 aliphatic rings. The van der Waals surface area contributed by atoms with E-state index in [1.807, 2.05) is 6.92 Å². The molecule has 0 spiro atoms. The summed E-state index contributed by atoms with van der Waals surface area (Å²) in [6.45, 7) is 2.89. The van der Waals surface area contributed by atoms with Gasteiger partial charge in [0.05, 0.1) is 5.02 Å². The first-order valence-corrected chi connectivity index (χ1v) is 8.01. The van der Waals surface area contributed by atoms with Gasteiger partial charge in [0.1, 0.15) is 17.6 Å². The third kappa shape index (κ3) is 7.84. The summed E-state index contributed by atoms with van der Waals surface area (Å²) in [7, 11) is 0. The second-order valence-corrected chi connectivity index (χ2v) is 5.51. The van der Waals surface area contributed by atoms with Crippen molar-refractivity contribution < 1.29 is 28.2 Å². The van der Waals surface area contributed by atoms with Gasteiger partial charge in [0.25, 0.3) is 5.91 Å². The third-order valence-corrected chi connectivity index (χ3v) is 3.22. The predicted octanol–water partition coefficient (Wildman–Crippen LogP) is 1.43. The molecule has 1 rings (SSSR count). The topological polar surface area (TPSA) is 93.7 Å². The number of benzene rings is 1. The van der Waals surface area contributed by atoms with Crippen molar-refractivity contribution in [3.63, 3.8) is 0 Å². The molecule has 7 nitrogen and oxygen atoms in total. The van der Waals surface area contributed by atoms with Crippen LogP contribution in [-0.4, -0.2) is 43.6 Å². The van der Waals surface area contributed by atoms with Gasteiger partial charge in [0.2, 0.25) is 5.91 Å². The summed E-state index contributed by atoms with van der Waals surface area (Å²) in [5.41, 5.74) is 0.